The molecule has 1 aliphatic carbocycles. The number of aliphatic hydroxyl groups excluding tert-OH is 2. The van der Waals surface area contributed by atoms with Crippen LogP contribution in [-0.2, 0) is 17.6 Å². The Morgan fingerprint density at radius 2 is 1.79 bits per heavy atom. The molecule has 24 heavy (non-hydrogen) atoms. The summed E-state index contributed by atoms with van der Waals surface area (Å²) in [6.07, 6.45) is 0.816. The largest absolute Gasteiger partial charge is 0.550 e. The molecule has 5 nitrogen and oxygen atoms in total. The van der Waals surface area contributed by atoms with Crippen LogP contribution in [-0.4, -0.2) is 28.9 Å². The standard InChI is InChI=1S/C10H12O3.C9H11NO/c11-7-9(10(12)13)6-8-4-2-1-3-5-8;10-9-7-4-2-1-3-6(7)5-8(9)11/h1-5,9,11H,6-7H2,(H,12,13);1-4,8-9,11H,5,10H2/t9-;8-,9+/m00/s1. The van der Waals surface area contributed by atoms with Gasteiger partial charge in [-0.05, 0) is 17.5 Å². The van der Waals surface area contributed by atoms with Crippen LogP contribution in [0, 0.1) is 5.92 Å². The van der Waals surface area contributed by atoms with E-state index in [1.807, 2.05) is 48.5 Å². The van der Waals surface area contributed by atoms with Gasteiger partial charge >= 0.3 is 0 Å². The molecule has 0 aromatic heterocycles. The topological polar surface area (TPSA) is 108 Å². The van der Waals surface area contributed by atoms with Gasteiger partial charge in [-0.1, -0.05) is 54.6 Å². The minimum Gasteiger partial charge on any atom is -0.550 e. The third-order valence-corrected chi connectivity index (χ3v) is 4.23. The Morgan fingerprint density at radius 1 is 1.17 bits per heavy atom. The zero-order valence-corrected chi connectivity index (χ0v) is 13.5. The van der Waals surface area contributed by atoms with Gasteiger partial charge in [-0.2, -0.15) is 0 Å². The summed E-state index contributed by atoms with van der Waals surface area (Å²) >= 11 is 0. The van der Waals surface area contributed by atoms with Crippen LogP contribution in [0.5, 0.6) is 0 Å². The van der Waals surface area contributed by atoms with Crippen molar-refractivity contribution in [1.82, 2.24) is 0 Å². The Morgan fingerprint density at radius 3 is 2.38 bits per heavy atom. The summed E-state index contributed by atoms with van der Waals surface area (Å²) in [5.74, 6) is -2.01. The molecular formula is C19H23NO4. The fourth-order valence-corrected chi connectivity index (χ4v) is 2.78. The van der Waals surface area contributed by atoms with E-state index in [9.17, 15) is 15.0 Å². The lowest BCUT2D eigenvalue weighted by Gasteiger charge is -2.14. The summed E-state index contributed by atoms with van der Waals surface area (Å²) in [5, 5.41) is 28.7. The van der Waals surface area contributed by atoms with Crippen LogP contribution in [0.1, 0.15) is 22.7 Å². The van der Waals surface area contributed by atoms with Crippen LogP contribution in [0.3, 0.4) is 0 Å². The van der Waals surface area contributed by atoms with E-state index in [1.165, 1.54) is 11.1 Å². The molecule has 0 radical (unpaired) electrons. The van der Waals surface area contributed by atoms with Gasteiger partial charge in [0.25, 0.3) is 0 Å². The molecule has 0 heterocycles. The van der Waals surface area contributed by atoms with Crippen molar-refractivity contribution in [3.8, 4) is 0 Å². The molecule has 3 rings (SSSR count). The van der Waals surface area contributed by atoms with Crippen LogP contribution in [0.4, 0.5) is 0 Å². The highest BCUT2D eigenvalue weighted by Crippen LogP contribution is 2.27. The van der Waals surface area contributed by atoms with Gasteiger partial charge in [-0.15, -0.1) is 0 Å². The fourth-order valence-electron chi connectivity index (χ4n) is 2.78. The van der Waals surface area contributed by atoms with E-state index < -0.39 is 11.9 Å². The third kappa shape index (κ3) is 4.64. The molecular weight excluding hydrogens is 306 g/mol. The van der Waals surface area contributed by atoms with E-state index >= 15 is 0 Å². The van der Waals surface area contributed by atoms with Crippen LogP contribution >= 0.6 is 0 Å². The Bertz CT molecular complexity index is 659. The molecule has 128 valence electrons. The number of fused-ring (bicyclic) bond motifs is 1. The molecule has 2 aromatic carbocycles. The highest BCUT2D eigenvalue weighted by Gasteiger charge is 2.30. The molecule has 0 aliphatic heterocycles. The lowest BCUT2D eigenvalue weighted by atomic mass is 10.0. The summed E-state index contributed by atoms with van der Waals surface area (Å²) in [7, 11) is 0. The zero-order valence-electron chi connectivity index (χ0n) is 13.5. The maximum Gasteiger partial charge on any atom is 0.137 e. The van der Waals surface area contributed by atoms with Crippen LogP contribution in [0.15, 0.2) is 54.6 Å². The summed E-state index contributed by atoms with van der Waals surface area (Å²) in [6.45, 7) is -0.378. The highest BCUT2D eigenvalue weighted by molar-refractivity contribution is 5.68. The molecule has 0 unspecified atom stereocenters. The number of carboxylic acids is 1. The summed E-state index contributed by atoms with van der Waals surface area (Å²) < 4.78 is 0. The van der Waals surface area contributed by atoms with Crippen LogP contribution in [0.2, 0.25) is 0 Å². The zero-order chi connectivity index (χ0) is 17.5. The molecule has 2 aromatic rings. The lowest BCUT2D eigenvalue weighted by molar-refractivity contribution is -0.441. The fraction of sp³-hybridized carbons (Fsp3) is 0.316. The second-order valence-electron chi connectivity index (χ2n) is 5.97. The Hall–Kier alpha value is -2.21. The quantitative estimate of drug-likeness (QED) is 0.701. The van der Waals surface area contributed by atoms with E-state index in [0.717, 1.165) is 12.0 Å². The van der Waals surface area contributed by atoms with E-state index in [4.69, 9.17) is 5.11 Å². The molecule has 3 atom stereocenters. The van der Waals surface area contributed by atoms with E-state index in [1.54, 1.807) is 0 Å². The van der Waals surface area contributed by atoms with E-state index in [0.29, 0.717) is 6.42 Å². The summed E-state index contributed by atoms with van der Waals surface area (Å²) in [6, 6.07) is 17.4. The Balaban J connectivity index is 0.000000175. The molecule has 5 N–H and O–H groups in total. The van der Waals surface area contributed by atoms with Gasteiger partial charge in [0.15, 0.2) is 0 Å². The molecule has 0 saturated carbocycles. The monoisotopic (exact) mass is 329 g/mol. The maximum absolute atomic E-state index is 10.5. The van der Waals surface area contributed by atoms with Crippen molar-refractivity contribution in [1.29, 1.82) is 0 Å². The average Bonchev–Trinajstić information content (AvgIpc) is 2.89. The number of carbonyl (C=O) groups is 1. The number of quaternary nitrogens is 1. The van der Waals surface area contributed by atoms with Gasteiger partial charge in [-0.25, -0.2) is 0 Å². The van der Waals surface area contributed by atoms with Crippen molar-refractivity contribution in [3.05, 3.63) is 71.3 Å². The molecule has 0 saturated heterocycles. The van der Waals surface area contributed by atoms with Crippen molar-refractivity contribution in [3.63, 3.8) is 0 Å². The van der Waals surface area contributed by atoms with Gasteiger partial charge in [0, 0.05) is 23.9 Å². The highest BCUT2D eigenvalue weighted by atomic mass is 16.4. The summed E-state index contributed by atoms with van der Waals surface area (Å²) in [4.78, 5) is 10.5. The molecule has 0 fully saturated rings. The minimum absolute atomic E-state index is 0.0752. The molecule has 0 amide bonds. The number of aliphatic hydroxyl groups is 2. The first-order valence-electron chi connectivity index (χ1n) is 7.97. The second kappa shape index (κ2) is 8.59. The lowest BCUT2D eigenvalue weighted by Crippen LogP contribution is -2.57. The van der Waals surface area contributed by atoms with Crippen molar-refractivity contribution < 1.29 is 25.8 Å². The first-order valence-corrected chi connectivity index (χ1v) is 7.97. The van der Waals surface area contributed by atoms with Gasteiger partial charge < -0.3 is 25.8 Å². The molecule has 5 heteroatoms. The number of carboxylic acid groups (broad SMARTS) is 1. The van der Waals surface area contributed by atoms with Crippen molar-refractivity contribution in [2.45, 2.75) is 25.0 Å². The normalized spacial score (nSPS) is 19.8. The first kappa shape index (κ1) is 18.1. The number of hydrogen-bond acceptors (Lipinski definition) is 4. The predicted molar refractivity (Wildman–Crippen MR) is 87.5 cm³/mol. The number of benzene rings is 2. The first-order chi connectivity index (χ1) is 11.5. The van der Waals surface area contributed by atoms with Crippen molar-refractivity contribution in [2.24, 2.45) is 5.92 Å². The summed E-state index contributed by atoms with van der Waals surface area (Å²) in [5.41, 5.74) is 7.26. The SMILES string of the molecule is O=C([O-])[C@H](CO)Cc1ccccc1.[NH3+][C@@H]1c2ccccc2C[C@@H]1O. The van der Waals surface area contributed by atoms with Gasteiger partial charge in [-0.3, -0.25) is 0 Å². The predicted octanol–water partition coefficient (Wildman–Crippen LogP) is -0.526. The third-order valence-electron chi connectivity index (χ3n) is 4.23. The number of carbonyl (C=O) groups excluding carboxylic acids is 1. The van der Waals surface area contributed by atoms with Crippen LogP contribution in [0.25, 0.3) is 0 Å². The van der Waals surface area contributed by atoms with Gasteiger partial charge in [0.1, 0.15) is 12.1 Å². The molecule has 0 bridgehead atoms. The maximum atomic E-state index is 10.5. The average molecular weight is 329 g/mol. The number of rotatable bonds is 4. The Kier molecular flexibility index (Phi) is 6.49. The number of aliphatic carboxylic acids is 1. The number of hydrogen-bond donors (Lipinski definition) is 3. The van der Waals surface area contributed by atoms with Crippen LogP contribution < -0.4 is 10.8 Å². The van der Waals surface area contributed by atoms with Gasteiger partial charge in [0.2, 0.25) is 0 Å². The van der Waals surface area contributed by atoms with E-state index in [-0.39, 0.29) is 18.8 Å². The molecule has 0 spiro atoms. The smallest absolute Gasteiger partial charge is 0.137 e. The van der Waals surface area contributed by atoms with Crippen molar-refractivity contribution >= 4 is 5.97 Å². The van der Waals surface area contributed by atoms with Crippen molar-refractivity contribution in [2.75, 3.05) is 6.61 Å². The van der Waals surface area contributed by atoms with Gasteiger partial charge in [0.05, 0.1) is 6.61 Å². The molecule has 1 aliphatic rings. The minimum atomic E-state index is -1.20. The Labute approximate surface area is 141 Å². The van der Waals surface area contributed by atoms with E-state index in [2.05, 4.69) is 11.8 Å². The second-order valence-corrected chi connectivity index (χ2v) is 5.97.